The van der Waals surface area contributed by atoms with Crippen LogP contribution in [0.2, 0.25) is 0 Å². The normalized spacial score (nSPS) is 25.5. The van der Waals surface area contributed by atoms with Gasteiger partial charge in [-0.1, -0.05) is 6.92 Å². The molecule has 0 radical (unpaired) electrons. The van der Waals surface area contributed by atoms with E-state index in [0.29, 0.717) is 17.4 Å². The smallest absolute Gasteiger partial charge is 0.148 e. The van der Waals surface area contributed by atoms with E-state index >= 15 is 0 Å². The van der Waals surface area contributed by atoms with Crippen LogP contribution in [0.25, 0.3) is 0 Å². The van der Waals surface area contributed by atoms with Gasteiger partial charge in [-0.15, -0.1) is 0 Å². The van der Waals surface area contributed by atoms with Crippen molar-refractivity contribution in [2.24, 2.45) is 5.92 Å². The van der Waals surface area contributed by atoms with Crippen molar-refractivity contribution >= 4 is 11.4 Å². The second-order valence-electron chi connectivity index (χ2n) is 4.50. The number of benzene rings is 1. The van der Waals surface area contributed by atoms with Gasteiger partial charge in [0, 0.05) is 11.7 Å². The highest BCUT2D eigenvalue weighted by Gasteiger charge is 2.21. The van der Waals surface area contributed by atoms with Crippen LogP contribution in [0.1, 0.15) is 26.2 Å². The first-order valence-electron chi connectivity index (χ1n) is 5.46. The predicted octanol–water partition coefficient (Wildman–Crippen LogP) is 3.01. The molecule has 3 N–H and O–H groups in total. The summed E-state index contributed by atoms with van der Waals surface area (Å²) in [5.74, 6) is 0.494. The molecule has 82 valence electrons. The molecule has 0 aromatic heterocycles. The minimum atomic E-state index is -0.255. The molecular weight excluding hydrogens is 191 g/mol. The molecule has 15 heavy (non-hydrogen) atoms. The quantitative estimate of drug-likeness (QED) is 0.733. The second kappa shape index (κ2) is 4.09. The van der Waals surface area contributed by atoms with Gasteiger partial charge in [-0.2, -0.15) is 0 Å². The highest BCUT2D eigenvalue weighted by molar-refractivity contribution is 5.53. The van der Waals surface area contributed by atoms with Crippen LogP contribution in [0.15, 0.2) is 18.2 Å². The van der Waals surface area contributed by atoms with Crippen LogP contribution in [-0.2, 0) is 0 Å². The maximum atomic E-state index is 13.5. The summed E-state index contributed by atoms with van der Waals surface area (Å²) in [6, 6.07) is 5.22. The Morgan fingerprint density at radius 1 is 1.40 bits per heavy atom. The topological polar surface area (TPSA) is 38.0 Å². The summed E-state index contributed by atoms with van der Waals surface area (Å²) in [6.07, 6.45) is 3.49. The van der Waals surface area contributed by atoms with E-state index in [-0.39, 0.29) is 5.82 Å². The zero-order valence-corrected chi connectivity index (χ0v) is 8.96. The molecule has 1 aliphatic rings. The number of hydrogen-bond donors (Lipinski definition) is 2. The number of hydrogen-bond acceptors (Lipinski definition) is 2. The average Bonchev–Trinajstić information content (AvgIpc) is 2.56. The summed E-state index contributed by atoms with van der Waals surface area (Å²) in [5.41, 5.74) is 6.53. The van der Waals surface area contributed by atoms with Gasteiger partial charge in [0.1, 0.15) is 5.82 Å². The van der Waals surface area contributed by atoms with Gasteiger partial charge in [0.25, 0.3) is 0 Å². The summed E-state index contributed by atoms with van der Waals surface area (Å²) >= 11 is 0. The van der Waals surface area contributed by atoms with Gasteiger partial charge in [-0.3, -0.25) is 0 Å². The van der Waals surface area contributed by atoms with Gasteiger partial charge in [-0.05, 0) is 43.4 Å². The van der Waals surface area contributed by atoms with Crippen molar-refractivity contribution in [3.05, 3.63) is 24.0 Å². The number of halogens is 1. The predicted molar refractivity (Wildman–Crippen MR) is 61.2 cm³/mol. The molecule has 0 saturated heterocycles. The maximum absolute atomic E-state index is 13.5. The molecule has 1 aromatic rings. The monoisotopic (exact) mass is 208 g/mol. The minimum absolute atomic E-state index is 0.255. The molecule has 0 bridgehead atoms. The van der Waals surface area contributed by atoms with E-state index < -0.39 is 0 Å². The van der Waals surface area contributed by atoms with Crippen molar-refractivity contribution in [1.82, 2.24) is 0 Å². The van der Waals surface area contributed by atoms with Crippen LogP contribution in [0, 0.1) is 11.7 Å². The lowest BCUT2D eigenvalue weighted by Gasteiger charge is -2.14. The van der Waals surface area contributed by atoms with E-state index in [4.69, 9.17) is 5.73 Å². The van der Waals surface area contributed by atoms with Crippen LogP contribution in [0.5, 0.6) is 0 Å². The molecule has 1 saturated carbocycles. The fourth-order valence-corrected chi connectivity index (χ4v) is 2.21. The summed E-state index contributed by atoms with van der Waals surface area (Å²) in [6.45, 7) is 2.24. The fourth-order valence-electron chi connectivity index (χ4n) is 2.21. The van der Waals surface area contributed by atoms with Crippen molar-refractivity contribution in [3.63, 3.8) is 0 Å². The molecule has 0 aliphatic heterocycles. The molecule has 0 amide bonds. The SMILES string of the molecule is CC1CCC(Nc2ccc(N)cc2F)C1. The minimum Gasteiger partial charge on any atom is -0.399 e. The number of nitrogen functional groups attached to an aromatic ring is 1. The highest BCUT2D eigenvalue weighted by atomic mass is 19.1. The Bertz CT molecular complexity index is 351. The van der Waals surface area contributed by atoms with Gasteiger partial charge in [0.15, 0.2) is 0 Å². The second-order valence-corrected chi connectivity index (χ2v) is 4.50. The zero-order valence-electron chi connectivity index (χ0n) is 8.96. The van der Waals surface area contributed by atoms with Crippen LogP contribution in [-0.4, -0.2) is 6.04 Å². The van der Waals surface area contributed by atoms with E-state index in [2.05, 4.69) is 12.2 Å². The van der Waals surface area contributed by atoms with Crippen LogP contribution in [0.3, 0.4) is 0 Å². The molecule has 2 atom stereocenters. The standard InChI is InChI=1S/C12H17FN2/c1-8-2-4-10(6-8)15-12-5-3-9(14)7-11(12)13/h3,5,7-8,10,15H,2,4,6,14H2,1H3. The first kappa shape index (κ1) is 10.3. The van der Waals surface area contributed by atoms with Crippen molar-refractivity contribution in [2.75, 3.05) is 11.1 Å². The molecule has 1 aromatic carbocycles. The van der Waals surface area contributed by atoms with Gasteiger partial charge in [0.2, 0.25) is 0 Å². The Kier molecular flexibility index (Phi) is 2.80. The highest BCUT2D eigenvalue weighted by Crippen LogP contribution is 2.28. The van der Waals surface area contributed by atoms with Crippen LogP contribution < -0.4 is 11.1 Å². The third-order valence-electron chi connectivity index (χ3n) is 3.05. The Morgan fingerprint density at radius 3 is 2.80 bits per heavy atom. The summed E-state index contributed by atoms with van der Waals surface area (Å²) in [4.78, 5) is 0. The molecule has 0 heterocycles. The third kappa shape index (κ3) is 2.41. The van der Waals surface area contributed by atoms with Crippen molar-refractivity contribution < 1.29 is 4.39 Å². The Labute approximate surface area is 89.7 Å². The van der Waals surface area contributed by atoms with Crippen LogP contribution in [0.4, 0.5) is 15.8 Å². The molecule has 2 nitrogen and oxygen atoms in total. The lowest BCUT2D eigenvalue weighted by molar-refractivity contribution is 0.597. The molecular formula is C12H17FN2. The lowest BCUT2D eigenvalue weighted by atomic mass is 10.1. The molecule has 2 rings (SSSR count). The van der Waals surface area contributed by atoms with Gasteiger partial charge < -0.3 is 11.1 Å². The third-order valence-corrected chi connectivity index (χ3v) is 3.05. The Hall–Kier alpha value is -1.25. The van der Waals surface area contributed by atoms with Gasteiger partial charge >= 0.3 is 0 Å². The summed E-state index contributed by atoms with van der Waals surface area (Å²) in [5, 5.41) is 3.24. The maximum Gasteiger partial charge on any atom is 0.148 e. The van der Waals surface area contributed by atoms with E-state index in [0.717, 1.165) is 18.8 Å². The molecule has 3 heteroatoms. The van der Waals surface area contributed by atoms with Crippen molar-refractivity contribution in [1.29, 1.82) is 0 Å². The van der Waals surface area contributed by atoms with Gasteiger partial charge in [-0.25, -0.2) is 4.39 Å². The lowest BCUT2D eigenvalue weighted by Crippen LogP contribution is -2.16. The van der Waals surface area contributed by atoms with E-state index in [1.807, 2.05) is 0 Å². The fraction of sp³-hybridized carbons (Fsp3) is 0.500. The van der Waals surface area contributed by atoms with E-state index in [1.54, 1.807) is 12.1 Å². The largest absolute Gasteiger partial charge is 0.399 e. The average molecular weight is 208 g/mol. The zero-order chi connectivity index (χ0) is 10.8. The summed E-state index contributed by atoms with van der Waals surface area (Å²) < 4.78 is 13.5. The Morgan fingerprint density at radius 2 is 2.20 bits per heavy atom. The van der Waals surface area contributed by atoms with E-state index in [9.17, 15) is 4.39 Å². The first-order valence-corrected chi connectivity index (χ1v) is 5.46. The Balaban J connectivity index is 2.04. The van der Waals surface area contributed by atoms with Crippen molar-refractivity contribution in [3.8, 4) is 0 Å². The number of nitrogens with two attached hydrogens (primary N) is 1. The van der Waals surface area contributed by atoms with Crippen LogP contribution >= 0.6 is 0 Å². The number of nitrogens with one attached hydrogen (secondary N) is 1. The summed E-state index contributed by atoms with van der Waals surface area (Å²) in [7, 11) is 0. The molecule has 2 unspecified atom stereocenters. The molecule has 1 fully saturated rings. The molecule has 0 spiro atoms. The number of rotatable bonds is 2. The first-order chi connectivity index (χ1) is 7.15. The van der Waals surface area contributed by atoms with Gasteiger partial charge in [0.05, 0.1) is 5.69 Å². The molecule has 1 aliphatic carbocycles. The van der Waals surface area contributed by atoms with E-state index in [1.165, 1.54) is 12.5 Å². The van der Waals surface area contributed by atoms with Crippen molar-refractivity contribution in [2.45, 2.75) is 32.2 Å². The number of anilines is 2.